The third-order valence-corrected chi connectivity index (χ3v) is 6.94. The fourth-order valence-corrected chi connectivity index (χ4v) is 4.70. The summed E-state index contributed by atoms with van der Waals surface area (Å²) in [5.41, 5.74) is 2.64. The summed E-state index contributed by atoms with van der Waals surface area (Å²) in [4.78, 5) is 28.1. The largest absolute Gasteiger partial charge is 0.357 e. The molecule has 1 saturated heterocycles. The van der Waals surface area contributed by atoms with E-state index in [0.717, 1.165) is 35.1 Å². The second-order valence-electron chi connectivity index (χ2n) is 8.17. The molecule has 35 heavy (non-hydrogen) atoms. The topological polar surface area (TPSA) is 97.3 Å². The number of rotatable bonds is 6. The van der Waals surface area contributed by atoms with Crippen molar-refractivity contribution in [2.45, 2.75) is 18.9 Å². The molecular weight excluding hydrogens is 577 g/mol. The van der Waals surface area contributed by atoms with E-state index in [2.05, 4.69) is 43.4 Å². The van der Waals surface area contributed by atoms with Gasteiger partial charge in [0.25, 0.3) is 5.91 Å². The molecule has 9 heteroatoms. The predicted octanol–water partition coefficient (Wildman–Crippen LogP) is 5.87. The van der Waals surface area contributed by atoms with Crippen molar-refractivity contribution in [3.8, 4) is 0 Å². The standard InChI is InChI=1S/C26H25ClIN5O2/c27-18-9-13-20(14-10-18)31-26(35)32-23(21-5-1-2-6-22(21)28)25(34)30-19-11-7-17(8-12-19)24(29)33-15-3-4-16-33/h1-2,5-14,23,29H,3-4,15-16H2,(H,30,34)(H2,31,32,35). The van der Waals surface area contributed by atoms with E-state index in [4.69, 9.17) is 17.0 Å². The zero-order valence-corrected chi connectivity index (χ0v) is 21.8. The first kappa shape index (κ1) is 25.0. The number of benzene rings is 3. The summed E-state index contributed by atoms with van der Waals surface area (Å²) in [6.45, 7) is 1.80. The molecule has 3 amide bonds. The van der Waals surface area contributed by atoms with Crippen LogP contribution in [0.5, 0.6) is 0 Å². The molecule has 7 nitrogen and oxygen atoms in total. The maximum atomic E-state index is 13.3. The van der Waals surface area contributed by atoms with E-state index < -0.39 is 12.1 Å². The average molecular weight is 602 g/mol. The number of nitrogens with one attached hydrogen (secondary N) is 4. The average Bonchev–Trinajstić information content (AvgIpc) is 3.40. The van der Waals surface area contributed by atoms with Gasteiger partial charge in [-0.1, -0.05) is 29.8 Å². The van der Waals surface area contributed by atoms with Gasteiger partial charge >= 0.3 is 6.03 Å². The first-order chi connectivity index (χ1) is 16.9. The van der Waals surface area contributed by atoms with Crippen LogP contribution in [0.3, 0.4) is 0 Å². The van der Waals surface area contributed by atoms with Crippen LogP contribution in [0.4, 0.5) is 16.2 Å². The Bertz CT molecular complexity index is 1210. The maximum absolute atomic E-state index is 13.3. The lowest BCUT2D eigenvalue weighted by Gasteiger charge is -2.21. The van der Waals surface area contributed by atoms with E-state index in [1.807, 2.05) is 36.4 Å². The van der Waals surface area contributed by atoms with Crippen molar-refractivity contribution in [2.75, 3.05) is 23.7 Å². The van der Waals surface area contributed by atoms with Gasteiger partial charge in [-0.25, -0.2) is 4.79 Å². The number of amides is 3. The molecule has 4 rings (SSSR count). The zero-order valence-electron chi connectivity index (χ0n) is 18.9. The minimum Gasteiger partial charge on any atom is -0.357 e. The Kier molecular flexibility index (Phi) is 8.25. The van der Waals surface area contributed by atoms with Gasteiger partial charge in [0.2, 0.25) is 0 Å². The second-order valence-corrected chi connectivity index (χ2v) is 9.77. The van der Waals surface area contributed by atoms with Crippen LogP contribution in [0, 0.1) is 8.98 Å². The van der Waals surface area contributed by atoms with E-state index >= 15 is 0 Å². The SMILES string of the molecule is N=C(c1ccc(NC(=O)C(NC(=O)Nc2ccc(Cl)cc2)c2ccccc2I)cc1)N1CCCC1. The van der Waals surface area contributed by atoms with Gasteiger partial charge in [-0.15, -0.1) is 0 Å². The van der Waals surface area contributed by atoms with E-state index in [1.165, 1.54) is 0 Å². The number of carbonyl (C=O) groups is 2. The molecular formula is C26H25ClIN5O2. The highest BCUT2D eigenvalue weighted by atomic mass is 127. The first-order valence-electron chi connectivity index (χ1n) is 11.2. The molecule has 0 aromatic heterocycles. The Morgan fingerprint density at radius 1 is 0.886 bits per heavy atom. The summed E-state index contributed by atoms with van der Waals surface area (Å²) >= 11 is 8.06. The van der Waals surface area contributed by atoms with Gasteiger partial charge in [0.1, 0.15) is 11.9 Å². The number of hydrogen-bond acceptors (Lipinski definition) is 3. The molecule has 3 aromatic carbocycles. The third kappa shape index (κ3) is 6.52. The fraction of sp³-hybridized carbons (Fsp3) is 0.192. The monoisotopic (exact) mass is 601 g/mol. The van der Waals surface area contributed by atoms with E-state index in [-0.39, 0.29) is 5.91 Å². The number of hydrogen-bond donors (Lipinski definition) is 4. The summed E-state index contributed by atoms with van der Waals surface area (Å²) in [6, 6.07) is 19.9. The maximum Gasteiger partial charge on any atom is 0.320 e. The van der Waals surface area contributed by atoms with Crippen molar-refractivity contribution < 1.29 is 9.59 Å². The Hall–Kier alpha value is -3.11. The van der Waals surface area contributed by atoms with Gasteiger partial charge in [-0.2, -0.15) is 0 Å². The van der Waals surface area contributed by atoms with Gasteiger partial charge in [-0.05, 0) is 95.6 Å². The lowest BCUT2D eigenvalue weighted by atomic mass is 10.1. The summed E-state index contributed by atoms with van der Waals surface area (Å²) in [7, 11) is 0. The van der Waals surface area contributed by atoms with Gasteiger partial charge in [0.05, 0.1) is 0 Å². The summed E-state index contributed by atoms with van der Waals surface area (Å²) in [6.07, 6.45) is 2.21. The highest BCUT2D eigenvalue weighted by molar-refractivity contribution is 14.1. The number of carbonyl (C=O) groups excluding carboxylic acids is 2. The van der Waals surface area contributed by atoms with Crippen molar-refractivity contribution in [2.24, 2.45) is 0 Å². The molecule has 1 aliphatic heterocycles. The minimum atomic E-state index is -0.919. The molecule has 0 radical (unpaired) electrons. The normalized spacial score (nSPS) is 13.7. The van der Waals surface area contributed by atoms with Crippen LogP contribution < -0.4 is 16.0 Å². The Morgan fingerprint density at radius 2 is 1.49 bits per heavy atom. The summed E-state index contributed by atoms with van der Waals surface area (Å²) in [5.74, 6) is 0.125. The lowest BCUT2D eigenvalue weighted by Crippen LogP contribution is -2.39. The minimum absolute atomic E-state index is 0.372. The number of likely N-dealkylation sites (tertiary alicyclic amines) is 1. The smallest absolute Gasteiger partial charge is 0.320 e. The molecule has 180 valence electrons. The molecule has 1 atom stereocenters. The molecule has 0 saturated carbocycles. The molecule has 3 aromatic rings. The van der Waals surface area contributed by atoms with E-state index in [1.54, 1.807) is 36.4 Å². The van der Waals surface area contributed by atoms with Crippen LogP contribution in [0.25, 0.3) is 0 Å². The summed E-state index contributed by atoms with van der Waals surface area (Å²) in [5, 5.41) is 17.4. The molecule has 1 heterocycles. The van der Waals surface area contributed by atoms with Crippen LogP contribution in [-0.4, -0.2) is 35.8 Å². The Balaban J connectivity index is 1.48. The Morgan fingerprint density at radius 3 is 2.14 bits per heavy atom. The van der Waals surface area contributed by atoms with Crippen molar-refractivity contribution in [3.63, 3.8) is 0 Å². The third-order valence-electron chi connectivity index (χ3n) is 5.70. The molecule has 4 N–H and O–H groups in total. The van der Waals surface area contributed by atoms with Crippen molar-refractivity contribution in [3.05, 3.63) is 92.5 Å². The molecule has 1 fully saturated rings. The van der Waals surface area contributed by atoms with Crippen LogP contribution in [0.1, 0.15) is 30.0 Å². The predicted molar refractivity (Wildman–Crippen MR) is 148 cm³/mol. The molecule has 0 bridgehead atoms. The number of anilines is 2. The van der Waals surface area contributed by atoms with Crippen molar-refractivity contribution >= 4 is 63.3 Å². The van der Waals surface area contributed by atoms with Crippen molar-refractivity contribution in [1.29, 1.82) is 5.41 Å². The highest BCUT2D eigenvalue weighted by Gasteiger charge is 2.25. The second kappa shape index (κ2) is 11.5. The number of urea groups is 1. The Labute approximate surface area is 222 Å². The van der Waals surface area contributed by atoms with Crippen molar-refractivity contribution in [1.82, 2.24) is 10.2 Å². The molecule has 0 spiro atoms. The van der Waals surface area contributed by atoms with Crippen LogP contribution >= 0.6 is 34.2 Å². The van der Waals surface area contributed by atoms with E-state index in [0.29, 0.717) is 27.8 Å². The quantitative estimate of drug-likeness (QED) is 0.162. The first-order valence-corrected chi connectivity index (χ1v) is 12.7. The van der Waals surface area contributed by atoms with Gasteiger partial charge in [0.15, 0.2) is 0 Å². The van der Waals surface area contributed by atoms with Gasteiger partial charge in [0, 0.05) is 38.6 Å². The molecule has 1 aliphatic rings. The fourth-order valence-electron chi connectivity index (χ4n) is 3.87. The van der Waals surface area contributed by atoms with Crippen LogP contribution in [0.15, 0.2) is 72.8 Å². The zero-order chi connectivity index (χ0) is 24.8. The highest BCUT2D eigenvalue weighted by Crippen LogP contribution is 2.23. The number of halogens is 2. The van der Waals surface area contributed by atoms with Gasteiger partial charge < -0.3 is 20.9 Å². The summed E-state index contributed by atoms with van der Waals surface area (Å²) < 4.78 is 0.853. The van der Waals surface area contributed by atoms with Crippen LogP contribution in [-0.2, 0) is 4.79 Å². The number of nitrogens with zero attached hydrogens (tertiary/aromatic N) is 1. The molecule has 1 unspecified atom stereocenters. The van der Waals surface area contributed by atoms with Gasteiger partial charge in [-0.3, -0.25) is 10.2 Å². The van der Waals surface area contributed by atoms with E-state index in [9.17, 15) is 9.59 Å². The number of amidine groups is 1. The lowest BCUT2D eigenvalue weighted by molar-refractivity contribution is -0.118. The molecule has 0 aliphatic carbocycles. The van der Waals surface area contributed by atoms with Crippen LogP contribution in [0.2, 0.25) is 5.02 Å².